The fourth-order valence-electron chi connectivity index (χ4n) is 6.61. The summed E-state index contributed by atoms with van der Waals surface area (Å²) in [6.45, 7) is 4.23. The average Bonchev–Trinajstić information content (AvgIpc) is 3.34. The smallest absolute Gasteiger partial charge is 0.480 e. The minimum absolute atomic E-state index is 0.0124. The zero-order chi connectivity index (χ0) is 34.3. The summed E-state index contributed by atoms with van der Waals surface area (Å²) in [5, 5.41) is 12.9. The normalized spacial score (nSPS) is 20.3. The first kappa shape index (κ1) is 34.4. The van der Waals surface area contributed by atoms with Gasteiger partial charge in [0, 0.05) is 35.8 Å². The van der Waals surface area contributed by atoms with E-state index >= 15 is 0 Å². The van der Waals surface area contributed by atoms with Gasteiger partial charge in [-0.1, -0.05) is 30.7 Å². The van der Waals surface area contributed by atoms with E-state index in [2.05, 4.69) is 20.0 Å². The number of rotatable bonds is 8. The number of nitrogens with one attached hydrogen (secondary N) is 1. The van der Waals surface area contributed by atoms with Gasteiger partial charge in [-0.15, -0.1) is 13.2 Å². The van der Waals surface area contributed by atoms with Gasteiger partial charge in [-0.2, -0.15) is 23.1 Å². The van der Waals surface area contributed by atoms with Gasteiger partial charge in [0.25, 0.3) is 0 Å². The third kappa shape index (κ3) is 7.61. The van der Waals surface area contributed by atoms with Crippen molar-refractivity contribution in [2.75, 3.05) is 23.7 Å². The molecule has 2 fully saturated rings. The highest BCUT2D eigenvalue weighted by molar-refractivity contribution is 6.30. The third-order valence-electron chi connectivity index (χ3n) is 8.79. The first-order valence-electron chi connectivity index (χ1n) is 14.8. The average molecular weight is 688 g/mol. The first-order chi connectivity index (χ1) is 22.0. The lowest BCUT2D eigenvalue weighted by atomic mass is 9.71. The van der Waals surface area contributed by atoms with Crippen molar-refractivity contribution in [2.45, 2.75) is 70.3 Å². The van der Waals surface area contributed by atoms with Gasteiger partial charge in [-0.3, -0.25) is 4.79 Å². The van der Waals surface area contributed by atoms with E-state index in [0.29, 0.717) is 32.4 Å². The minimum atomic E-state index is -4.97. The van der Waals surface area contributed by atoms with Crippen LogP contribution in [0.4, 0.5) is 38.1 Å². The molecule has 3 heterocycles. The second kappa shape index (κ2) is 12.9. The van der Waals surface area contributed by atoms with Crippen LogP contribution in [0, 0.1) is 12.3 Å². The number of aromatic nitrogens is 2. The number of aryl methyl sites for hydroxylation is 1. The van der Waals surface area contributed by atoms with Gasteiger partial charge in [-0.05, 0) is 79.0 Å². The van der Waals surface area contributed by atoms with E-state index in [1.807, 2.05) is 11.8 Å². The number of nitrogen functional groups attached to an aromatic ring is 1. The van der Waals surface area contributed by atoms with E-state index in [0.717, 1.165) is 18.6 Å². The van der Waals surface area contributed by atoms with E-state index in [1.165, 1.54) is 37.3 Å². The summed E-state index contributed by atoms with van der Waals surface area (Å²) in [5.41, 5.74) is 5.47. The zero-order valence-corrected chi connectivity index (χ0v) is 26.0. The van der Waals surface area contributed by atoms with Crippen LogP contribution in [0.2, 0.25) is 5.02 Å². The maximum Gasteiger partial charge on any atom is 0.573 e. The molecule has 47 heavy (non-hydrogen) atoms. The van der Waals surface area contributed by atoms with E-state index in [9.17, 15) is 36.2 Å². The van der Waals surface area contributed by atoms with Gasteiger partial charge in [-0.25, -0.2) is 0 Å². The van der Waals surface area contributed by atoms with Crippen LogP contribution in [-0.4, -0.2) is 58.8 Å². The van der Waals surface area contributed by atoms with Gasteiger partial charge in [0.05, 0.1) is 0 Å². The fraction of sp³-hybridized carbons (Fsp3) is 0.452. The Morgan fingerprint density at radius 1 is 1.13 bits per heavy atom. The van der Waals surface area contributed by atoms with E-state index < -0.39 is 42.3 Å². The quantitative estimate of drug-likeness (QED) is 0.213. The Morgan fingerprint density at radius 2 is 1.83 bits per heavy atom. The molecule has 2 unspecified atom stereocenters. The lowest BCUT2D eigenvalue weighted by Crippen LogP contribution is -2.46. The second-order valence-electron chi connectivity index (χ2n) is 11.8. The molecule has 2 aromatic carbocycles. The molecule has 0 bridgehead atoms. The highest BCUT2D eigenvalue weighted by Gasteiger charge is 2.50. The first-order valence-corrected chi connectivity index (χ1v) is 15.1. The van der Waals surface area contributed by atoms with Crippen molar-refractivity contribution in [1.29, 1.82) is 0 Å². The Kier molecular flexibility index (Phi) is 9.43. The summed E-state index contributed by atoms with van der Waals surface area (Å²) in [7, 11) is 0. The highest BCUT2D eigenvalue weighted by atomic mass is 35.5. The predicted octanol–water partition coefficient (Wildman–Crippen LogP) is 7.08. The van der Waals surface area contributed by atoms with Gasteiger partial charge in [0.2, 0.25) is 17.9 Å². The number of hydrogen-bond acceptors (Lipinski definition) is 8. The molecular formula is C31H32ClF6N5O4. The van der Waals surface area contributed by atoms with Gasteiger partial charge >= 0.3 is 18.5 Å². The number of anilines is 2. The van der Waals surface area contributed by atoms with Crippen LogP contribution in [-0.2, 0) is 4.79 Å². The molecule has 0 amide bonds. The lowest BCUT2D eigenvalue weighted by molar-refractivity contribution is -0.274. The fourth-order valence-corrected chi connectivity index (χ4v) is 6.79. The second-order valence-corrected chi connectivity index (χ2v) is 12.2. The molecule has 254 valence electrons. The number of nitrogens with two attached hydrogens (primary N) is 1. The number of benzene rings is 2. The van der Waals surface area contributed by atoms with Crippen molar-refractivity contribution < 1.29 is 45.7 Å². The number of alkyl halides is 6. The molecular weight excluding hydrogens is 656 g/mol. The molecule has 3 atom stereocenters. The number of nitrogens with zero attached hydrogens (tertiary/aromatic N) is 3. The SMILES string of the molecule is CCC1NC(C(=O)O)CC12CCN(c1cc(O[C@H](c3ccc(Cl)cc3-c3ccc(OC(F)(F)F)c(C)c3)C(F)(F)F)nc(N)n1)CC2. The molecule has 0 radical (unpaired) electrons. The third-order valence-corrected chi connectivity index (χ3v) is 9.03. The van der Waals surface area contributed by atoms with Crippen molar-refractivity contribution >= 4 is 29.3 Å². The number of halogens is 7. The maximum atomic E-state index is 14.7. The number of carbonyl (C=O) groups is 1. The lowest BCUT2D eigenvalue weighted by Gasteiger charge is -2.43. The molecule has 2 aliphatic heterocycles. The van der Waals surface area contributed by atoms with Crippen LogP contribution in [0.5, 0.6) is 11.6 Å². The Labute approximate surface area is 271 Å². The molecule has 0 saturated carbocycles. The molecule has 4 N–H and O–H groups in total. The summed E-state index contributed by atoms with van der Waals surface area (Å²) in [4.78, 5) is 21.6. The molecule has 1 spiro atoms. The topological polar surface area (TPSA) is 123 Å². The van der Waals surface area contributed by atoms with Crippen molar-refractivity contribution in [1.82, 2.24) is 15.3 Å². The van der Waals surface area contributed by atoms with E-state index in [1.54, 1.807) is 0 Å². The van der Waals surface area contributed by atoms with Crippen LogP contribution < -0.4 is 25.4 Å². The summed E-state index contributed by atoms with van der Waals surface area (Å²) < 4.78 is 91.9. The number of aliphatic carboxylic acids is 1. The number of ether oxygens (including phenoxy) is 2. The Bertz CT molecular complexity index is 1630. The molecule has 1 aromatic heterocycles. The van der Waals surface area contributed by atoms with Crippen molar-refractivity contribution in [3.8, 4) is 22.8 Å². The molecule has 16 heteroatoms. The summed E-state index contributed by atoms with van der Waals surface area (Å²) in [6, 6.07) is 7.74. The molecule has 3 aromatic rings. The number of carboxylic acids is 1. The maximum absolute atomic E-state index is 14.7. The number of hydrogen-bond donors (Lipinski definition) is 3. The molecule has 9 nitrogen and oxygen atoms in total. The van der Waals surface area contributed by atoms with Gasteiger partial charge < -0.3 is 30.5 Å². The zero-order valence-electron chi connectivity index (χ0n) is 25.3. The van der Waals surface area contributed by atoms with Crippen molar-refractivity contribution in [2.24, 2.45) is 5.41 Å². The van der Waals surface area contributed by atoms with Gasteiger partial charge in [0.15, 0.2) is 0 Å². The Balaban J connectivity index is 1.42. The van der Waals surface area contributed by atoms with Crippen LogP contribution in [0.1, 0.15) is 49.8 Å². The highest BCUT2D eigenvalue weighted by Crippen LogP contribution is 2.46. The molecule has 2 saturated heterocycles. The van der Waals surface area contributed by atoms with Crippen molar-refractivity contribution in [3.05, 3.63) is 58.6 Å². The monoisotopic (exact) mass is 687 g/mol. The minimum Gasteiger partial charge on any atom is -0.480 e. The van der Waals surface area contributed by atoms with Crippen molar-refractivity contribution in [3.63, 3.8) is 0 Å². The molecule has 2 aliphatic rings. The Hall–Kier alpha value is -3.98. The number of carboxylic acid groups (broad SMARTS) is 1. The predicted molar refractivity (Wildman–Crippen MR) is 161 cm³/mol. The summed E-state index contributed by atoms with van der Waals surface area (Å²) in [5.74, 6) is -1.91. The van der Waals surface area contributed by atoms with Crippen LogP contribution in [0.15, 0.2) is 42.5 Å². The van der Waals surface area contributed by atoms with E-state index in [-0.39, 0.29) is 50.5 Å². The molecule has 5 rings (SSSR count). The number of piperidine rings is 1. The molecule has 0 aliphatic carbocycles. The largest absolute Gasteiger partial charge is 0.573 e. The van der Waals surface area contributed by atoms with Crippen LogP contribution >= 0.6 is 11.6 Å². The van der Waals surface area contributed by atoms with Gasteiger partial charge in [0.1, 0.15) is 17.6 Å². The Morgan fingerprint density at radius 3 is 2.43 bits per heavy atom. The summed E-state index contributed by atoms with van der Waals surface area (Å²) in [6.07, 6.45) is -10.0. The van der Waals surface area contributed by atoms with Crippen LogP contribution in [0.3, 0.4) is 0 Å². The standard InChI is InChI=1S/C31H32ClF6N5O4/c1-3-23-29(15-21(40-23)27(44)45)8-10-43(11-9-29)24-14-25(42-28(39)41-24)46-26(30(33,34)35)19-6-5-18(32)13-20(19)17-4-7-22(16(2)12-17)47-31(36,37)38/h4-7,12-14,21,23,26,40H,3,8-11,15H2,1-2H3,(H,44,45)(H2,39,41,42)/t21?,23?,26-/m1/s1. The van der Waals surface area contributed by atoms with Crippen LogP contribution in [0.25, 0.3) is 11.1 Å². The summed E-state index contributed by atoms with van der Waals surface area (Å²) >= 11 is 6.15. The van der Waals surface area contributed by atoms with E-state index in [4.69, 9.17) is 22.1 Å².